The number of amides is 1. The van der Waals surface area contributed by atoms with Crippen molar-refractivity contribution in [2.75, 3.05) is 11.9 Å². The molecule has 5 nitrogen and oxygen atoms in total. The summed E-state index contributed by atoms with van der Waals surface area (Å²) in [5.41, 5.74) is 1.06. The predicted octanol–water partition coefficient (Wildman–Crippen LogP) is 4.29. The van der Waals surface area contributed by atoms with E-state index >= 15 is 0 Å². The first-order valence-electron chi connectivity index (χ1n) is 9.11. The summed E-state index contributed by atoms with van der Waals surface area (Å²) in [6.07, 6.45) is 4.77. The lowest BCUT2D eigenvalue weighted by molar-refractivity contribution is -0.128. The Kier molecular flexibility index (Phi) is 6.40. The SMILES string of the molecule is Cc1ccc(NC(=O)C(COC2CCC2)O[Si](C)(C)C(C)(C)C)nc1. The summed E-state index contributed by atoms with van der Waals surface area (Å²) < 4.78 is 12.2. The van der Waals surface area contributed by atoms with Gasteiger partial charge in [-0.15, -0.1) is 0 Å². The molecule has 1 saturated carbocycles. The van der Waals surface area contributed by atoms with Crippen LogP contribution in [0.5, 0.6) is 0 Å². The fraction of sp³-hybridized carbons (Fsp3) is 0.684. The first-order valence-corrected chi connectivity index (χ1v) is 12.0. The van der Waals surface area contributed by atoms with Gasteiger partial charge in [-0.3, -0.25) is 4.79 Å². The largest absolute Gasteiger partial charge is 0.403 e. The van der Waals surface area contributed by atoms with Crippen LogP contribution in [0.4, 0.5) is 5.82 Å². The van der Waals surface area contributed by atoms with Gasteiger partial charge in [0.2, 0.25) is 0 Å². The molecule has 1 unspecified atom stereocenters. The van der Waals surface area contributed by atoms with Gasteiger partial charge in [-0.2, -0.15) is 0 Å². The van der Waals surface area contributed by atoms with Crippen LogP contribution in [0, 0.1) is 6.92 Å². The number of anilines is 1. The molecular formula is C19H32N2O3Si. The molecular weight excluding hydrogens is 332 g/mol. The van der Waals surface area contributed by atoms with Gasteiger partial charge >= 0.3 is 0 Å². The van der Waals surface area contributed by atoms with Gasteiger partial charge in [0.25, 0.3) is 5.91 Å². The molecule has 1 fully saturated rings. The zero-order chi connectivity index (χ0) is 18.7. The molecule has 1 aromatic rings. The molecule has 1 amide bonds. The molecule has 0 aromatic carbocycles. The number of rotatable bonds is 7. The van der Waals surface area contributed by atoms with Gasteiger partial charge in [0.1, 0.15) is 11.9 Å². The van der Waals surface area contributed by atoms with E-state index in [2.05, 4.69) is 44.2 Å². The van der Waals surface area contributed by atoms with E-state index in [1.165, 1.54) is 6.42 Å². The third-order valence-electron chi connectivity index (χ3n) is 5.23. The summed E-state index contributed by atoms with van der Waals surface area (Å²) >= 11 is 0. The van der Waals surface area contributed by atoms with Crippen molar-refractivity contribution in [2.24, 2.45) is 0 Å². The first kappa shape index (κ1) is 20.1. The van der Waals surface area contributed by atoms with Crippen molar-refractivity contribution >= 4 is 20.0 Å². The maximum atomic E-state index is 12.8. The van der Waals surface area contributed by atoms with Crippen molar-refractivity contribution < 1.29 is 14.0 Å². The van der Waals surface area contributed by atoms with Crippen molar-refractivity contribution in [3.8, 4) is 0 Å². The fourth-order valence-electron chi connectivity index (χ4n) is 2.21. The van der Waals surface area contributed by atoms with Crippen molar-refractivity contribution in [3.05, 3.63) is 23.9 Å². The number of carbonyl (C=O) groups is 1. The second-order valence-corrected chi connectivity index (χ2v) is 13.2. The number of ether oxygens (including phenoxy) is 1. The van der Waals surface area contributed by atoms with Crippen LogP contribution in [0.2, 0.25) is 18.1 Å². The predicted molar refractivity (Wildman–Crippen MR) is 103 cm³/mol. The lowest BCUT2D eigenvalue weighted by atomic mass is 9.96. The van der Waals surface area contributed by atoms with Gasteiger partial charge in [0.05, 0.1) is 12.7 Å². The topological polar surface area (TPSA) is 60.5 Å². The monoisotopic (exact) mass is 364 g/mol. The van der Waals surface area contributed by atoms with Crippen LogP contribution in [-0.2, 0) is 14.0 Å². The Labute approximate surface area is 152 Å². The van der Waals surface area contributed by atoms with E-state index < -0.39 is 14.4 Å². The molecule has 0 aliphatic heterocycles. The van der Waals surface area contributed by atoms with Crippen LogP contribution in [0.25, 0.3) is 0 Å². The highest BCUT2D eigenvalue weighted by atomic mass is 28.4. The summed E-state index contributed by atoms with van der Waals surface area (Å²) in [5, 5.41) is 2.90. The number of carbonyl (C=O) groups excluding carboxylic acids is 1. The van der Waals surface area contributed by atoms with E-state index in [1.54, 1.807) is 6.20 Å². The van der Waals surface area contributed by atoms with Crippen LogP contribution in [0.15, 0.2) is 18.3 Å². The van der Waals surface area contributed by atoms with Crippen molar-refractivity contribution in [2.45, 2.75) is 77.3 Å². The minimum absolute atomic E-state index is 0.0319. The Morgan fingerprint density at radius 1 is 1.36 bits per heavy atom. The number of aromatic nitrogens is 1. The number of pyridine rings is 1. The zero-order valence-electron chi connectivity index (χ0n) is 16.4. The molecule has 1 aliphatic rings. The van der Waals surface area contributed by atoms with E-state index in [4.69, 9.17) is 9.16 Å². The highest BCUT2D eigenvalue weighted by molar-refractivity contribution is 6.74. The highest BCUT2D eigenvalue weighted by Crippen LogP contribution is 2.37. The maximum absolute atomic E-state index is 12.8. The summed E-state index contributed by atoms with van der Waals surface area (Å²) in [5.74, 6) is 0.364. The third-order valence-corrected chi connectivity index (χ3v) is 9.72. The number of nitrogens with one attached hydrogen (secondary N) is 1. The van der Waals surface area contributed by atoms with Crippen LogP contribution in [-0.4, -0.2) is 38.0 Å². The van der Waals surface area contributed by atoms with E-state index in [0.717, 1.165) is 18.4 Å². The molecule has 1 N–H and O–H groups in total. The Balaban J connectivity index is 2.05. The molecule has 2 rings (SSSR count). The molecule has 25 heavy (non-hydrogen) atoms. The fourth-order valence-corrected chi connectivity index (χ4v) is 3.44. The summed E-state index contributed by atoms with van der Waals surface area (Å²) in [7, 11) is -2.08. The van der Waals surface area contributed by atoms with E-state index in [0.29, 0.717) is 12.4 Å². The van der Waals surface area contributed by atoms with Crippen LogP contribution in [0.1, 0.15) is 45.6 Å². The minimum Gasteiger partial charge on any atom is -0.403 e. The van der Waals surface area contributed by atoms with Crippen LogP contribution in [0.3, 0.4) is 0 Å². The van der Waals surface area contributed by atoms with E-state index in [9.17, 15) is 4.79 Å². The number of hydrogen-bond donors (Lipinski definition) is 1. The van der Waals surface area contributed by atoms with Gasteiger partial charge in [-0.05, 0) is 55.9 Å². The Morgan fingerprint density at radius 3 is 2.52 bits per heavy atom. The Morgan fingerprint density at radius 2 is 2.04 bits per heavy atom. The van der Waals surface area contributed by atoms with Gasteiger partial charge in [0, 0.05) is 6.20 Å². The number of nitrogens with zero attached hydrogens (tertiary/aromatic N) is 1. The average Bonchev–Trinajstić information content (AvgIpc) is 2.45. The van der Waals surface area contributed by atoms with Gasteiger partial charge in [-0.1, -0.05) is 26.8 Å². The van der Waals surface area contributed by atoms with E-state index in [-0.39, 0.29) is 17.0 Å². The van der Waals surface area contributed by atoms with E-state index in [1.807, 2.05) is 19.1 Å². The smallest absolute Gasteiger partial charge is 0.255 e. The van der Waals surface area contributed by atoms with Crippen molar-refractivity contribution in [1.29, 1.82) is 0 Å². The average molecular weight is 365 g/mol. The van der Waals surface area contributed by atoms with Gasteiger partial charge < -0.3 is 14.5 Å². The highest BCUT2D eigenvalue weighted by Gasteiger charge is 2.41. The molecule has 0 bridgehead atoms. The number of aryl methyl sites for hydroxylation is 1. The maximum Gasteiger partial charge on any atom is 0.255 e. The second-order valence-electron chi connectivity index (χ2n) is 8.46. The minimum atomic E-state index is -2.08. The quantitative estimate of drug-likeness (QED) is 0.733. The molecule has 6 heteroatoms. The lowest BCUT2D eigenvalue weighted by Crippen LogP contribution is -2.49. The van der Waals surface area contributed by atoms with Crippen molar-refractivity contribution in [3.63, 3.8) is 0 Å². The normalized spacial score (nSPS) is 17.0. The summed E-state index contributed by atoms with van der Waals surface area (Å²) in [4.78, 5) is 17.0. The summed E-state index contributed by atoms with van der Waals surface area (Å²) in [6.45, 7) is 13.1. The van der Waals surface area contributed by atoms with Crippen molar-refractivity contribution in [1.82, 2.24) is 4.98 Å². The molecule has 1 heterocycles. The third kappa shape index (κ3) is 5.62. The Bertz CT molecular complexity index is 577. The van der Waals surface area contributed by atoms with Crippen LogP contribution >= 0.6 is 0 Å². The Hall–Kier alpha value is -1.24. The molecule has 0 radical (unpaired) electrons. The standard InChI is InChI=1S/C19H32N2O3Si/c1-14-10-11-17(20-12-14)21-18(22)16(13-23-15-8-7-9-15)24-25(5,6)19(2,3)4/h10-12,15-16H,7-9,13H2,1-6H3,(H,20,21,22). The number of hydrogen-bond acceptors (Lipinski definition) is 4. The molecule has 0 spiro atoms. The molecule has 0 saturated heterocycles. The molecule has 1 aromatic heterocycles. The summed E-state index contributed by atoms with van der Waals surface area (Å²) in [6, 6.07) is 3.74. The second kappa shape index (κ2) is 7.97. The zero-order valence-corrected chi connectivity index (χ0v) is 17.4. The molecule has 1 aliphatic carbocycles. The van der Waals surface area contributed by atoms with Crippen LogP contribution < -0.4 is 5.32 Å². The molecule has 140 valence electrons. The first-order chi connectivity index (χ1) is 11.6. The van der Waals surface area contributed by atoms with Gasteiger partial charge in [-0.25, -0.2) is 4.98 Å². The molecule has 1 atom stereocenters. The van der Waals surface area contributed by atoms with Gasteiger partial charge in [0.15, 0.2) is 8.32 Å². The lowest BCUT2D eigenvalue weighted by Gasteiger charge is -2.39.